The maximum atomic E-state index is 13.7. The molecule has 0 aromatic heterocycles. The van der Waals surface area contributed by atoms with Gasteiger partial charge in [-0.1, -0.05) is 99.2 Å². The summed E-state index contributed by atoms with van der Waals surface area (Å²) in [5, 5.41) is 29.4. The third kappa shape index (κ3) is 7.29. The van der Waals surface area contributed by atoms with Crippen molar-refractivity contribution in [2.45, 2.75) is 114 Å². The molecule has 0 bridgehead atoms. The zero-order chi connectivity index (χ0) is 27.9. The smallest absolute Gasteiger partial charge is 0.235 e. The van der Waals surface area contributed by atoms with Crippen LogP contribution in [-0.2, 0) is 22.4 Å². The maximum absolute atomic E-state index is 13.7. The highest BCUT2D eigenvalue weighted by atomic mass is 16.3. The molecule has 0 spiro atoms. The van der Waals surface area contributed by atoms with E-state index in [1.807, 2.05) is 60.7 Å². The number of benzene rings is 2. The summed E-state index contributed by atoms with van der Waals surface area (Å²) >= 11 is 0. The van der Waals surface area contributed by atoms with Crippen molar-refractivity contribution >= 4 is 11.8 Å². The fourth-order valence-electron chi connectivity index (χ4n) is 6.26. The van der Waals surface area contributed by atoms with Gasteiger partial charge in [-0.3, -0.25) is 9.59 Å². The normalized spacial score (nSPS) is 20.4. The summed E-state index contributed by atoms with van der Waals surface area (Å²) in [5.41, 5.74) is -1.34. The van der Waals surface area contributed by atoms with Crippen molar-refractivity contribution in [3.63, 3.8) is 0 Å². The van der Waals surface area contributed by atoms with Crippen LogP contribution in [0.1, 0.15) is 89.2 Å². The van der Waals surface area contributed by atoms with Crippen LogP contribution in [0.4, 0.5) is 0 Å². The Morgan fingerprint density at radius 2 is 1.00 bits per heavy atom. The van der Waals surface area contributed by atoms with Gasteiger partial charge < -0.3 is 20.8 Å². The van der Waals surface area contributed by atoms with E-state index in [-0.39, 0.29) is 0 Å². The molecular formula is C33H46N2O4. The summed E-state index contributed by atoms with van der Waals surface area (Å²) in [5.74, 6) is -0.817. The summed E-state index contributed by atoms with van der Waals surface area (Å²) in [6.45, 7) is 3.26. The van der Waals surface area contributed by atoms with Gasteiger partial charge in [0, 0.05) is 0 Å². The van der Waals surface area contributed by atoms with Gasteiger partial charge in [0.05, 0.1) is 23.3 Å². The molecule has 0 saturated heterocycles. The fourth-order valence-corrected chi connectivity index (χ4v) is 6.26. The minimum atomic E-state index is -1.39. The SMILES string of the molecule is CC(C)(C(=O)N[C@H](Cc1ccccc1)C1(O)CCCCC1)C(=O)N[C@H](Cc1ccccc1)C1(O)CCCCC1. The van der Waals surface area contributed by atoms with Gasteiger partial charge in [0.25, 0.3) is 0 Å². The molecule has 6 nitrogen and oxygen atoms in total. The Bertz CT molecular complexity index is 988. The maximum Gasteiger partial charge on any atom is 0.235 e. The highest BCUT2D eigenvalue weighted by molar-refractivity contribution is 6.04. The first-order chi connectivity index (χ1) is 18.6. The molecule has 2 aliphatic rings. The second-order valence-electron chi connectivity index (χ2n) is 12.4. The first-order valence-corrected chi connectivity index (χ1v) is 14.8. The van der Waals surface area contributed by atoms with E-state index in [4.69, 9.17) is 0 Å². The van der Waals surface area contributed by atoms with E-state index in [2.05, 4.69) is 10.6 Å². The minimum Gasteiger partial charge on any atom is -0.388 e. The monoisotopic (exact) mass is 534 g/mol. The molecule has 2 amide bonds. The zero-order valence-electron chi connectivity index (χ0n) is 23.6. The van der Waals surface area contributed by atoms with E-state index in [0.717, 1.165) is 49.7 Å². The molecule has 0 aliphatic heterocycles. The highest BCUT2D eigenvalue weighted by Crippen LogP contribution is 2.35. The lowest BCUT2D eigenvalue weighted by molar-refractivity contribution is -0.145. The average Bonchev–Trinajstić information content (AvgIpc) is 2.94. The summed E-state index contributed by atoms with van der Waals surface area (Å²) in [6.07, 6.45) is 9.33. The minimum absolute atomic E-state index is 0.408. The second-order valence-corrected chi connectivity index (χ2v) is 12.4. The van der Waals surface area contributed by atoms with E-state index in [1.165, 1.54) is 0 Å². The number of hydrogen-bond acceptors (Lipinski definition) is 4. The van der Waals surface area contributed by atoms with Crippen molar-refractivity contribution in [2.24, 2.45) is 5.41 Å². The van der Waals surface area contributed by atoms with E-state index in [0.29, 0.717) is 38.5 Å². The van der Waals surface area contributed by atoms with Gasteiger partial charge in [-0.15, -0.1) is 0 Å². The third-order valence-corrected chi connectivity index (χ3v) is 9.05. The van der Waals surface area contributed by atoms with Crippen LogP contribution >= 0.6 is 0 Å². The highest BCUT2D eigenvalue weighted by Gasteiger charge is 2.45. The molecule has 2 aromatic carbocycles. The molecule has 2 aliphatic carbocycles. The van der Waals surface area contributed by atoms with Gasteiger partial charge in [-0.2, -0.15) is 0 Å². The van der Waals surface area contributed by atoms with Crippen LogP contribution in [0.15, 0.2) is 60.7 Å². The second kappa shape index (κ2) is 12.6. The fraction of sp³-hybridized carbons (Fsp3) is 0.576. The molecule has 0 radical (unpaired) electrons. The summed E-state index contributed by atoms with van der Waals surface area (Å²) in [6, 6.07) is 18.7. The van der Waals surface area contributed by atoms with E-state index in [9.17, 15) is 19.8 Å². The molecule has 4 rings (SSSR count). The van der Waals surface area contributed by atoms with Gasteiger partial charge in [0.2, 0.25) is 11.8 Å². The molecule has 0 unspecified atom stereocenters. The standard InChI is InChI=1S/C33H46N2O4/c1-31(2,29(36)34-27(23-25-15-7-3-8-16-25)32(38)19-11-5-12-20-32)30(37)35-28(24-26-17-9-4-10-18-26)33(39)21-13-6-14-22-33/h3-4,7-10,15-18,27-28,38-39H,5-6,11-14,19-24H2,1-2H3,(H,34,36)(H,35,37)/t27-,28-/m1/s1. The molecular weight excluding hydrogens is 488 g/mol. The van der Waals surface area contributed by atoms with Crippen molar-refractivity contribution in [1.29, 1.82) is 0 Å². The zero-order valence-corrected chi connectivity index (χ0v) is 23.6. The third-order valence-electron chi connectivity index (χ3n) is 9.05. The molecule has 2 aromatic rings. The number of hydrogen-bond donors (Lipinski definition) is 4. The Balaban J connectivity index is 1.52. The van der Waals surface area contributed by atoms with E-state index >= 15 is 0 Å². The Labute approximate surface area is 233 Å². The average molecular weight is 535 g/mol. The predicted octanol–water partition coefficient (Wildman–Crippen LogP) is 4.86. The molecule has 0 heterocycles. The Morgan fingerprint density at radius 1 is 0.667 bits per heavy atom. The summed E-state index contributed by atoms with van der Waals surface area (Å²) in [7, 11) is 0. The first kappa shape index (κ1) is 29.3. The summed E-state index contributed by atoms with van der Waals surface area (Å²) in [4.78, 5) is 27.5. The van der Waals surface area contributed by atoms with Crippen LogP contribution in [0.3, 0.4) is 0 Å². The molecule has 2 fully saturated rings. The molecule has 4 N–H and O–H groups in total. The Hall–Kier alpha value is -2.70. The first-order valence-electron chi connectivity index (χ1n) is 14.8. The lowest BCUT2D eigenvalue weighted by Gasteiger charge is -2.42. The molecule has 2 saturated carbocycles. The quantitative estimate of drug-likeness (QED) is 0.327. The van der Waals surface area contributed by atoms with Crippen LogP contribution < -0.4 is 10.6 Å². The van der Waals surface area contributed by atoms with Crippen LogP contribution in [0.5, 0.6) is 0 Å². The summed E-state index contributed by atoms with van der Waals surface area (Å²) < 4.78 is 0. The van der Waals surface area contributed by atoms with Gasteiger partial charge in [-0.05, 0) is 63.5 Å². The topological polar surface area (TPSA) is 98.7 Å². The van der Waals surface area contributed by atoms with Gasteiger partial charge in [-0.25, -0.2) is 0 Å². The van der Waals surface area contributed by atoms with Crippen molar-refractivity contribution in [3.05, 3.63) is 71.8 Å². The van der Waals surface area contributed by atoms with Crippen molar-refractivity contribution in [3.8, 4) is 0 Å². The molecule has 6 heteroatoms. The van der Waals surface area contributed by atoms with Gasteiger partial charge in [0.15, 0.2) is 0 Å². The van der Waals surface area contributed by atoms with Crippen molar-refractivity contribution < 1.29 is 19.8 Å². The lowest BCUT2D eigenvalue weighted by atomic mass is 9.76. The van der Waals surface area contributed by atoms with Gasteiger partial charge >= 0.3 is 0 Å². The number of amides is 2. The van der Waals surface area contributed by atoms with E-state index in [1.54, 1.807) is 13.8 Å². The van der Waals surface area contributed by atoms with E-state index < -0.39 is 40.5 Å². The Kier molecular flexibility index (Phi) is 9.50. The lowest BCUT2D eigenvalue weighted by Crippen LogP contribution is -2.61. The predicted molar refractivity (Wildman–Crippen MR) is 154 cm³/mol. The molecule has 212 valence electrons. The molecule has 2 atom stereocenters. The van der Waals surface area contributed by atoms with Gasteiger partial charge in [0.1, 0.15) is 5.41 Å². The van der Waals surface area contributed by atoms with Crippen LogP contribution in [-0.4, -0.2) is 45.3 Å². The largest absolute Gasteiger partial charge is 0.388 e. The number of nitrogens with one attached hydrogen (secondary N) is 2. The van der Waals surface area contributed by atoms with Crippen molar-refractivity contribution in [2.75, 3.05) is 0 Å². The number of carbonyl (C=O) groups is 2. The van der Waals surface area contributed by atoms with Crippen LogP contribution in [0, 0.1) is 5.41 Å². The number of rotatable bonds is 10. The molecule has 39 heavy (non-hydrogen) atoms. The Morgan fingerprint density at radius 3 is 1.33 bits per heavy atom. The number of aliphatic hydroxyl groups is 2. The number of carbonyl (C=O) groups excluding carboxylic acids is 2. The van der Waals surface area contributed by atoms with Crippen molar-refractivity contribution in [1.82, 2.24) is 10.6 Å². The van der Waals surface area contributed by atoms with Crippen LogP contribution in [0.25, 0.3) is 0 Å². The van der Waals surface area contributed by atoms with Crippen LogP contribution in [0.2, 0.25) is 0 Å².